The van der Waals surface area contributed by atoms with Crippen molar-refractivity contribution >= 4 is 5.91 Å². The number of carbonyl (C=O) groups is 1. The van der Waals surface area contributed by atoms with Crippen LogP contribution >= 0.6 is 0 Å². The Morgan fingerprint density at radius 2 is 1.97 bits per heavy atom. The number of H-pyrrole nitrogens is 1. The molecule has 8 heteroatoms. The number of hydrogen-bond donors (Lipinski definition) is 2. The van der Waals surface area contributed by atoms with E-state index in [1.165, 1.54) is 0 Å². The van der Waals surface area contributed by atoms with Crippen LogP contribution in [-0.2, 0) is 4.79 Å². The van der Waals surface area contributed by atoms with Gasteiger partial charge in [0.2, 0.25) is 0 Å². The maximum absolute atomic E-state index is 12.7. The summed E-state index contributed by atoms with van der Waals surface area (Å²) >= 11 is 0. The van der Waals surface area contributed by atoms with Crippen LogP contribution < -0.4 is 10.4 Å². The number of carbonyl (C=O) groups excluding carboxylic acids is 1. The number of aryl methyl sites for hydroxylation is 1. The van der Waals surface area contributed by atoms with Crippen molar-refractivity contribution in [2.45, 2.75) is 33.2 Å². The van der Waals surface area contributed by atoms with E-state index in [0.717, 1.165) is 38.2 Å². The van der Waals surface area contributed by atoms with Crippen molar-refractivity contribution in [2.24, 2.45) is 0 Å². The quantitative estimate of drug-likeness (QED) is 0.517. The van der Waals surface area contributed by atoms with E-state index in [0.29, 0.717) is 34.3 Å². The van der Waals surface area contributed by atoms with Gasteiger partial charge in [-0.25, -0.2) is 4.79 Å². The lowest BCUT2D eigenvalue weighted by Crippen LogP contribution is -2.39. The molecule has 184 valence electrons. The number of aromatic hydroxyl groups is 1. The summed E-state index contributed by atoms with van der Waals surface area (Å²) in [5, 5.41) is 9.80. The van der Waals surface area contributed by atoms with E-state index in [1.807, 2.05) is 17.0 Å². The van der Waals surface area contributed by atoms with Crippen molar-refractivity contribution in [3.63, 3.8) is 0 Å². The lowest BCUT2D eigenvalue weighted by molar-refractivity contribution is -0.132. The third-order valence-corrected chi connectivity index (χ3v) is 6.59. The molecule has 0 aliphatic carbocycles. The Bertz CT molecular complexity index is 1250. The highest BCUT2D eigenvalue weighted by Gasteiger charge is 2.29. The number of rotatable bonds is 8. The first-order valence-corrected chi connectivity index (χ1v) is 12.0. The second-order valence-electron chi connectivity index (χ2n) is 8.81. The number of likely N-dealkylation sites (tertiary alicyclic amines) is 1. The van der Waals surface area contributed by atoms with Gasteiger partial charge in [-0.05, 0) is 74.0 Å². The van der Waals surface area contributed by atoms with Crippen molar-refractivity contribution in [1.29, 1.82) is 0 Å². The highest BCUT2D eigenvalue weighted by atomic mass is 16.5. The number of phenols is 1. The van der Waals surface area contributed by atoms with E-state index in [2.05, 4.69) is 28.7 Å². The van der Waals surface area contributed by atoms with Gasteiger partial charge < -0.3 is 19.7 Å². The van der Waals surface area contributed by atoms with Gasteiger partial charge in [0, 0.05) is 24.7 Å². The Morgan fingerprint density at radius 1 is 1.17 bits per heavy atom. The number of amides is 1. The normalized spacial score (nSPS) is 15.5. The van der Waals surface area contributed by atoms with Gasteiger partial charge >= 0.3 is 5.69 Å². The van der Waals surface area contributed by atoms with Crippen LogP contribution in [0.15, 0.2) is 53.3 Å². The molecular weight excluding hydrogens is 444 g/mol. The Kier molecular flexibility index (Phi) is 7.51. The Morgan fingerprint density at radius 3 is 2.71 bits per heavy atom. The van der Waals surface area contributed by atoms with Crippen LogP contribution in [0.2, 0.25) is 0 Å². The molecule has 1 amide bonds. The van der Waals surface area contributed by atoms with Crippen molar-refractivity contribution in [2.75, 3.05) is 32.8 Å². The van der Waals surface area contributed by atoms with Crippen LogP contribution in [0.1, 0.15) is 25.8 Å². The number of ether oxygens (including phenoxy) is 1. The van der Waals surface area contributed by atoms with Crippen LogP contribution in [0.3, 0.4) is 0 Å². The fourth-order valence-corrected chi connectivity index (χ4v) is 4.57. The molecule has 0 bridgehead atoms. The van der Waals surface area contributed by atoms with Crippen LogP contribution in [-0.4, -0.2) is 69.6 Å². The summed E-state index contributed by atoms with van der Waals surface area (Å²) in [5.41, 5.74) is 2.81. The predicted octanol–water partition coefficient (Wildman–Crippen LogP) is 3.44. The summed E-state index contributed by atoms with van der Waals surface area (Å²) < 4.78 is 5.82. The number of benzene rings is 2. The van der Waals surface area contributed by atoms with E-state index in [-0.39, 0.29) is 18.3 Å². The van der Waals surface area contributed by atoms with Gasteiger partial charge in [0.15, 0.2) is 6.61 Å². The van der Waals surface area contributed by atoms with Crippen molar-refractivity contribution in [1.82, 2.24) is 19.8 Å². The molecule has 3 aromatic rings. The van der Waals surface area contributed by atoms with Gasteiger partial charge in [0.25, 0.3) is 5.91 Å². The summed E-state index contributed by atoms with van der Waals surface area (Å²) in [6.45, 7) is 9.51. The minimum absolute atomic E-state index is 0.0238. The topological polar surface area (TPSA) is 98.8 Å². The summed E-state index contributed by atoms with van der Waals surface area (Å²) in [7, 11) is 0. The van der Waals surface area contributed by atoms with Crippen LogP contribution in [0, 0.1) is 6.92 Å². The molecule has 0 spiro atoms. The predicted molar refractivity (Wildman–Crippen MR) is 136 cm³/mol. The van der Waals surface area contributed by atoms with Gasteiger partial charge in [-0.3, -0.25) is 9.69 Å². The van der Waals surface area contributed by atoms with Gasteiger partial charge in [-0.1, -0.05) is 26.0 Å². The smallest absolute Gasteiger partial charge is 0.345 e. The highest BCUT2D eigenvalue weighted by Crippen LogP contribution is 2.27. The molecule has 1 atom stereocenters. The van der Waals surface area contributed by atoms with Gasteiger partial charge in [-0.15, -0.1) is 0 Å². The SMILES string of the molecule is CCN(CC)C1CCN(C(=O)COc2cccc(-c3cc(-c4ccc(O)c(C)c4)[nH]c(=O)n3)c2)C1. The minimum atomic E-state index is -0.471. The first-order chi connectivity index (χ1) is 16.9. The zero-order valence-corrected chi connectivity index (χ0v) is 20.5. The number of hydrogen-bond acceptors (Lipinski definition) is 6. The number of phenolic OH excluding ortho intramolecular Hbond substituents is 1. The average molecular weight is 477 g/mol. The fourth-order valence-electron chi connectivity index (χ4n) is 4.57. The third kappa shape index (κ3) is 5.71. The molecule has 0 radical (unpaired) electrons. The number of likely N-dealkylation sites (N-methyl/N-ethyl adjacent to an activating group) is 1. The first kappa shape index (κ1) is 24.5. The molecule has 4 rings (SSSR count). The van der Waals surface area contributed by atoms with Crippen molar-refractivity contribution < 1.29 is 14.6 Å². The van der Waals surface area contributed by atoms with Gasteiger partial charge in [0.05, 0.1) is 11.4 Å². The van der Waals surface area contributed by atoms with Gasteiger partial charge in [-0.2, -0.15) is 4.98 Å². The lowest BCUT2D eigenvalue weighted by Gasteiger charge is -2.26. The monoisotopic (exact) mass is 476 g/mol. The molecule has 2 N–H and O–H groups in total. The van der Waals surface area contributed by atoms with Gasteiger partial charge in [0.1, 0.15) is 11.5 Å². The molecule has 2 heterocycles. The maximum Gasteiger partial charge on any atom is 0.345 e. The molecule has 1 aromatic heterocycles. The summed E-state index contributed by atoms with van der Waals surface area (Å²) in [5.74, 6) is 0.714. The Labute approximate surface area is 205 Å². The molecular formula is C27H32N4O4. The molecule has 1 saturated heterocycles. The fraction of sp³-hybridized carbons (Fsp3) is 0.370. The highest BCUT2D eigenvalue weighted by molar-refractivity contribution is 5.78. The number of nitrogens with one attached hydrogen (secondary N) is 1. The summed E-state index contributed by atoms with van der Waals surface area (Å²) in [6, 6.07) is 14.6. The molecule has 1 aliphatic rings. The Balaban J connectivity index is 1.46. The van der Waals surface area contributed by atoms with E-state index in [1.54, 1.807) is 43.3 Å². The minimum Gasteiger partial charge on any atom is -0.508 e. The van der Waals surface area contributed by atoms with E-state index < -0.39 is 5.69 Å². The molecule has 1 fully saturated rings. The maximum atomic E-state index is 12.7. The molecule has 0 saturated carbocycles. The number of aromatic amines is 1. The second-order valence-corrected chi connectivity index (χ2v) is 8.81. The van der Waals surface area contributed by atoms with Crippen LogP contribution in [0.5, 0.6) is 11.5 Å². The number of aromatic nitrogens is 2. The Hall–Kier alpha value is -3.65. The molecule has 1 unspecified atom stereocenters. The zero-order valence-electron chi connectivity index (χ0n) is 20.5. The van der Waals surface area contributed by atoms with E-state index in [9.17, 15) is 14.7 Å². The molecule has 8 nitrogen and oxygen atoms in total. The summed E-state index contributed by atoms with van der Waals surface area (Å²) in [4.78, 5) is 36.1. The van der Waals surface area contributed by atoms with Crippen molar-refractivity contribution in [3.8, 4) is 34.0 Å². The summed E-state index contributed by atoms with van der Waals surface area (Å²) in [6.07, 6.45) is 0.986. The van der Waals surface area contributed by atoms with Crippen molar-refractivity contribution in [3.05, 3.63) is 64.6 Å². The molecule has 2 aromatic carbocycles. The lowest BCUT2D eigenvalue weighted by atomic mass is 10.1. The molecule has 1 aliphatic heterocycles. The number of nitrogens with zero attached hydrogens (tertiary/aromatic N) is 3. The molecule has 35 heavy (non-hydrogen) atoms. The van der Waals surface area contributed by atoms with Crippen LogP contribution in [0.4, 0.5) is 0 Å². The van der Waals surface area contributed by atoms with E-state index >= 15 is 0 Å². The van der Waals surface area contributed by atoms with E-state index in [4.69, 9.17) is 4.74 Å². The second kappa shape index (κ2) is 10.7. The average Bonchev–Trinajstić information content (AvgIpc) is 3.35. The standard InChI is InChI=1S/C27H32N4O4/c1-4-30(5-2)21-11-12-31(16-21)26(33)17-35-22-8-6-7-19(14-22)23-15-24(29-27(34)28-23)20-9-10-25(32)18(3)13-20/h6-10,13-15,21,32H,4-5,11-12,16-17H2,1-3H3,(H,28,29,34). The third-order valence-electron chi connectivity index (χ3n) is 6.59. The van der Waals surface area contributed by atoms with Crippen LogP contribution in [0.25, 0.3) is 22.5 Å². The first-order valence-electron chi connectivity index (χ1n) is 12.0. The largest absolute Gasteiger partial charge is 0.508 e. The zero-order chi connectivity index (χ0) is 24.9.